The third kappa shape index (κ3) is 4.72. The molecule has 0 bridgehead atoms. The molecule has 5 nitrogen and oxygen atoms in total. The van der Waals surface area contributed by atoms with Gasteiger partial charge in [-0.1, -0.05) is 35.3 Å². The van der Waals surface area contributed by atoms with Gasteiger partial charge in [0, 0.05) is 16.3 Å². The maximum absolute atomic E-state index is 12.4. The van der Waals surface area contributed by atoms with Gasteiger partial charge in [0.25, 0.3) is 5.91 Å². The molecule has 0 saturated carbocycles. The summed E-state index contributed by atoms with van der Waals surface area (Å²) in [6, 6.07) is 13.8. The predicted octanol–water partition coefficient (Wildman–Crippen LogP) is 5.18. The summed E-state index contributed by atoms with van der Waals surface area (Å²) in [7, 11) is 0. The molecule has 1 amide bonds. The van der Waals surface area contributed by atoms with E-state index in [1.54, 1.807) is 24.3 Å². The van der Waals surface area contributed by atoms with Crippen LogP contribution in [-0.4, -0.2) is 16.1 Å². The van der Waals surface area contributed by atoms with Gasteiger partial charge in [-0.25, -0.2) is 0 Å². The fourth-order valence-electron chi connectivity index (χ4n) is 2.52. The highest BCUT2D eigenvalue weighted by Gasteiger charge is 2.14. The lowest BCUT2D eigenvalue weighted by Crippen LogP contribution is -2.34. The molecule has 0 aliphatic rings. The predicted molar refractivity (Wildman–Crippen MR) is 115 cm³/mol. The van der Waals surface area contributed by atoms with E-state index in [9.17, 15) is 4.79 Å². The van der Waals surface area contributed by atoms with Crippen LogP contribution in [0.3, 0.4) is 0 Å². The number of aliphatic hydroxyl groups excluding tert-OH is 1. The fourth-order valence-corrected chi connectivity index (χ4v) is 3.10. The maximum atomic E-state index is 12.4. The number of amides is 1. The highest BCUT2D eigenvalue weighted by Crippen LogP contribution is 2.27. The second-order valence-corrected chi connectivity index (χ2v) is 7.24. The number of carbonyl (C=O) groups is 1. The van der Waals surface area contributed by atoms with E-state index in [0.29, 0.717) is 22.2 Å². The van der Waals surface area contributed by atoms with E-state index in [4.69, 9.17) is 44.9 Å². The first-order chi connectivity index (χ1) is 13.4. The number of nitrogens with one attached hydrogen (secondary N) is 2. The fraction of sp³-hybridized carbons (Fsp3) is 0.100. The summed E-state index contributed by atoms with van der Waals surface area (Å²) in [6.07, 6.45) is 0. The third-order valence-electron chi connectivity index (χ3n) is 3.99. The van der Waals surface area contributed by atoms with Gasteiger partial charge >= 0.3 is 0 Å². The molecule has 0 aliphatic carbocycles. The molecule has 1 aromatic heterocycles. The number of aryl methyl sites for hydroxylation is 1. The number of aliphatic hydroxyl groups is 1. The Morgan fingerprint density at radius 2 is 1.93 bits per heavy atom. The van der Waals surface area contributed by atoms with E-state index < -0.39 is 5.91 Å². The molecule has 0 fully saturated rings. The number of rotatable bonds is 4. The lowest BCUT2D eigenvalue weighted by Gasteiger charge is -2.13. The quantitative estimate of drug-likeness (QED) is 0.493. The molecule has 0 atom stereocenters. The summed E-state index contributed by atoms with van der Waals surface area (Å²) in [6.45, 7) is 1.74. The number of furan rings is 1. The van der Waals surface area contributed by atoms with Crippen LogP contribution in [0.25, 0.3) is 11.3 Å². The van der Waals surface area contributed by atoms with Gasteiger partial charge in [-0.05, 0) is 61.1 Å². The Bertz CT molecular complexity index is 1050. The van der Waals surface area contributed by atoms with Gasteiger partial charge in [-0.2, -0.15) is 0 Å². The summed E-state index contributed by atoms with van der Waals surface area (Å²) in [4.78, 5) is 12.4. The Morgan fingerprint density at radius 1 is 1.14 bits per heavy atom. The van der Waals surface area contributed by atoms with E-state index in [-0.39, 0.29) is 22.3 Å². The summed E-state index contributed by atoms with van der Waals surface area (Å²) < 4.78 is 5.56. The van der Waals surface area contributed by atoms with Crippen LogP contribution in [0.4, 0.5) is 5.69 Å². The Labute approximate surface area is 177 Å². The topological polar surface area (TPSA) is 74.5 Å². The van der Waals surface area contributed by atoms with E-state index in [1.165, 1.54) is 6.07 Å². The van der Waals surface area contributed by atoms with Crippen molar-refractivity contribution in [2.45, 2.75) is 13.5 Å². The van der Waals surface area contributed by atoms with Crippen LogP contribution in [0, 0.1) is 6.92 Å². The average Bonchev–Trinajstić information content (AvgIpc) is 3.14. The van der Waals surface area contributed by atoms with Gasteiger partial charge in [0.1, 0.15) is 18.1 Å². The zero-order chi connectivity index (χ0) is 20.3. The van der Waals surface area contributed by atoms with Crippen molar-refractivity contribution < 1.29 is 14.3 Å². The van der Waals surface area contributed by atoms with Crippen LogP contribution in [0.2, 0.25) is 10.0 Å². The Kier molecular flexibility index (Phi) is 6.36. The van der Waals surface area contributed by atoms with Crippen molar-refractivity contribution in [1.82, 2.24) is 5.32 Å². The zero-order valence-corrected chi connectivity index (χ0v) is 17.1. The lowest BCUT2D eigenvalue weighted by atomic mass is 10.1. The van der Waals surface area contributed by atoms with Gasteiger partial charge in [0.2, 0.25) is 0 Å². The highest BCUT2D eigenvalue weighted by atomic mass is 35.5. The molecule has 1 heterocycles. The molecule has 3 aromatic rings. The molecule has 3 N–H and O–H groups in total. The second-order valence-electron chi connectivity index (χ2n) is 5.99. The van der Waals surface area contributed by atoms with Crippen LogP contribution in [-0.2, 0) is 6.61 Å². The number of hydrogen-bond acceptors (Lipinski definition) is 4. The van der Waals surface area contributed by atoms with E-state index in [0.717, 1.165) is 11.1 Å². The molecule has 0 saturated heterocycles. The lowest BCUT2D eigenvalue weighted by molar-refractivity contribution is 0.0978. The van der Waals surface area contributed by atoms with Gasteiger partial charge in [0.15, 0.2) is 5.11 Å². The Hall–Kier alpha value is -2.38. The van der Waals surface area contributed by atoms with E-state index in [2.05, 4.69) is 10.6 Å². The molecular weight excluding hydrogens is 419 g/mol. The molecule has 0 spiro atoms. The third-order valence-corrected chi connectivity index (χ3v) is 4.76. The minimum atomic E-state index is -0.461. The SMILES string of the molecule is Cc1ccc(-c2ccc(CO)o2)cc1NC(=S)NC(=O)c1cc(Cl)ccc1Cl. The molecule has 3 rings (SSSR count). The van der Waals surface area contributed by atoms with Crippen molar-refractivity contribution in [3.05, 3.63) is 75.5 Å². The first kappa shape index (κ1) is 20.4. The van der Waals surface area contributed by atoms with E-state index >= 15 is 0 Å². The van der Waals surface area contributed by atoms with Crippen molar-refractivity contribution in [3.8, 4) is 11.3 Å². The van der Waals surface area contributed by atoms with Crippen molar-refractivity contribution in [2.24, 2.45) is 0 Å². The Morgan fingerprint density at radius 3 is 2.64 bits per heavy atom. The Balaban J connectivity index is 1.75. The number of anilines is 1. The van der Waals surface area contributed by atoms with E-state index in [1.807, 2.05) is 25.1 Å². The molecule has 144 valence electrons. The first-order valence-corrected chi connectivity index (χ1v) is 9.42. The molecule has 0 aliphatic heterocycles. The molecule has 28 heavy (non-hydrogen) atoms. The number of halogens is 2. The molecular formula is C20H16Cl2N2O3S. The van der Waals surface area contributed by atoms with Gasteiger partial charge < -0.3 is 14.8 Å². The van der Waals surface area contributed by atoms with Gasteiger partial charge in [-0.15, -0.1) is 0 Å². The van der Waals surface area contributed by atoms with Crippen LogP contribution in [0.5, 0.6) is 0 Å². The number of thiocarbonyl (C=S) groups is 1. The average molecular weight is 435 g/mol. The van der Waals surface area contributed by atoms with Crippen LogP contribution in [0.1, 0.15) is 21.7 Å². The van der Waals surface area contributed by atoms with Crippen molar-refractivity contribution in [2.75, 3.05) is 5.32 Å². The number of benzene rings is 2. The van der Waals surface area contributed by atoms with Crippen molar-refractivity contribution >= 4 is 52.1 Å². The van der Waals surface area contributed by atoms with Crippen LogP contribution >= 0.6 is 35.4 Å². The second kappa shape index (κ2) is 8.75. The van der Waals surface area contributed by atoms with Crippen molar-refractivity contribution in [1.29, 1.82) is 0 Å². The number of hydrogen-bond donors (Lipinski definition) is 3. The standard InChI is InChI=1S/C20H16Cl2N2O3S/c1-11-2-3-12(18-7-5-14(10-25)27-18)8-17(11)23-20(28)24-19(26)15-9-13(21)4-6-16(15)22/h2-9,25H,10H2,1H3,(H2,23,24,26,28). The summed E-state index contributed by atoms with van der Waals surface area (Å²) >= 11 is 17.2. The molecule has 2 aromatic carbocycles. The number of carbonyl (C=O) groups excluding carboxylic acids is 1. The summed E-state index contributed by atoms with van der Waals surface area (Å²) in [5, 5.41) is 15.6. The van der Waals surface area contributed by atoms with Crippen LogP contribution in [0.15, 0.2) is 52.9 Å². The largest absolute Gasteiger partial charge is 0.459 e. The smallest absolute Gasteiger partial charge is 0.258 e. The normalized spacial score (nSPS) is 10.6. The highest BCUT2D eigenvalue weighted by molar-refractivity contribution is 7.80. The van der Waals surface area contributed by atoms with Gasteiger partial charge in [-0.3, -0.25) is 10.1 Å². The summed E-state index contributed by atoms with van der Waals surface area (Å²) in [5.41, 5.74) is 2.67. The monoisotopic (exact) mass is 434 g/mol. The molecule has 8 heteroatoms. The zero-order valence-electron chi connectivity index (χ0n) is 14.8. The van der Waals surface area contributed by atoms with Crippen LogP contribution < -0.4 is 10.6 Å². The minimum absolute atomic E-state index is 0.122. The first-order valence-electron chi connectivity index (χ1n) is 8.25. The molecule has 0 radical (unpaired) electrons. The van der Waals surface area contributed by atoms with Gasteiger partial charge in [0.05, 0.1) is 10.6 Å². The molecule has 0 unspecified atom stereocenters. The minimum Gasteiger partial charge on any atom is -0.459 e. The summed E-state index contributed by atoms with van der Waals surface area (Å²) in [5.74, 6) is 0.636. The van der Waals surface area contributed by atoms with Crippen molar-refractivity contribution in [3.63, 3.8) is 0 Å². The maximum Gasteiger partial charge on any atom is 0.258 e.